The van der Waals surface area contributed by atoms with Crippen LogP contribution in [0.15, 0.2) is 42.4 Å². The smallest absolute Gasteiger partial charge is 0.234 e. The summed E-state index contributed by atoms with van der Waals surface area (Å²) in [5, 5.41) is -0.0554. The standard InChI is InChI=1S/C13H13NO3S/c15-12-8-18-13(11-7-16-9-17-11)14(12)6-10-4-2-1-3-5-10/h1-5,7,13H,6,8-9H2. The van der Waals surface area contributed by atoms with Crippen LogP contribution in [0.4, 0.5) is 0 Å². The van der Waals surface area contributed by atoms with E-state index in [9.17, 15) is 4.79 Å². The van der Waals surface area contributed by atoms with E-state index in [0.717, 1.165) is 11.3 Å². The molecule has 3 rings (SSSR count). The van der Waals surface area contributed by atoms with Gasteiger partial charge in [-0.05, 0) is 5.56 Å². The molecule has 0 aromatic heterocycles. The third-order valence-electron chi connectivity index (χ3n) is 2.90. The molecule has 0 spiro atoms. The van der Waals surface area contributed by atoms with E-state index in [1.165, 1.54) is 0 Å². The predicted octanol–water partition coefficient (Wildman–Crippen LogP) is 1.93. The Labute approximate surface area is 110 Å². The predicted molar refractivity (Wildman–Crippen MR) is 68.4 cm³/mol. The van der Waals surface area contributed by atoms with Gasteiger partial charge in [0.05, 0.1) is 5.75 Å². The largest absolute Gasteiger partial charge is 0.461 e. The monoisotopic (exact) mass is 263 g/mol. The number of benzene rings is 1. The number of nitrogens with zero attached hydrogens (tertiary/aromatic N) is 1. The number of amides is 1. The molecular weight excluding hydrogens is 250 g/mol. The highest BCUT2D eigenvalue weighted by molar-refractivity contribution is 8.01. The SMILES string of the molecule is O=C1CSC(C2=COCO2)N1Cc1ccccc1. The molecule has 4 nitrogen and oxygen atoms in total. The van der Waals surface area contributed by atoms with E-state index in [2.05, 4.69) is 0 Å². The normalized spacial score (nSPS) is 22.7. The fourth-order valence-corrected chi connectivity index (χ4v) is 3.15. The minimum atomic E-state index is -0.0554. The van der Waals surface area contributed by atoms with Crippen LogP contribution in [-0.2, 0) is 20.8 Å². The van der Waals surface area contributed by atoms with E-state index in [1.54, 1.807) is 18.0 Å². The molecule has 1 unspecified atom stereocenters. The minimum Gasteiger partial charge on any atom is -0.461 e. The Bertz CT molecular complexity index is 474. The van der Waals surface area contributed by atoms with Crippen molar-refractivity contribution in [2.75, 3.05) is 12.5 Å². The molecule has 1 amide bonds. The summed E-state index contributed by atoms with van der Waals surface area (Å²) in [4.78, 5) is 13.8. The molecule has 1 aromatic carbocycles. The molecule has 2 aliphatic rings. The molecule has 0 aliphatic carbocycles. The van der Waals surface area contributed by atoms with E-state index >= 15 is 0 Å². The summed E-state index contributed by atoms with van der Waals surface area (Å²) in [5.74, 6) is 1.38. The van der Waals surface area contributed by atoms with Crippen LogP contribution in [0.2, 0.25) is 0 Å². The number of hydrogen-bond donors (Lipinski definition) is 0. The van der Waals surface area contributed by atoms with E-state index in [1.807, 2.05) is 35.2 Å². The fourth-order valence-electron chi connectivity index (χ4n) is 2.02. The molecule has 5 heteroatoms. The molecule has 2 aliphatic heterocycles. The van der Waals surface area contributed by atoms with Crippen molar-refractivity contribution in [1.82, 2.24) is 4.90 Å². The lowest BCUT2D eigenvalue weighted by Crippen LogP contribution is -2.33. The van der Waals surface area contributed by atoms with Crippen LogP contribution < -0.4 is 0 Å². The number of carbonyl (C=O) groups is 1. The Morgan fingerprint density at radius 2 is 2.17 bits per heavy atom. The summed E-state index contributed by atoms with van der Waals surface area (Å²) in [6, 6.07) is 9.97. The third-order valence-corrected chi connectivity index (χ3v) is 4.12. The summed E-state index contributed by atoms with van der Waals surface area (Å²) >= 11 is 1.58. The molecule has 1 aromatic rings. The highest BCUT2D eigenvalue weighted by atomic mass is 32.2. The zero-order valence-electron chi connectivity index (χ0n) is 9.74. The van der Waals surface area contributed by atoms with Crippen LogP contribution in [0.3, 0.4) is 0 Å². The lowest BCUT2D eigenvalue weighted by Gasteiger charge is -2.23. The van der Waals surface area contributed by atoms with Crippen LogP contribution in [0, 0.1) is 0 Å². The molecular formula is C13H13NO3S. The summed E-state index contributed by atoms with van der Waals surface area (Å²) in [6.07, 6.45) is 1.61. The fraction of sp³-hybridized carbons (Fsp3) is 0.308. The minimum absolute atomic E-state index is 0.0554. The van der Waals surface area contributed by atoms with E-state index in [0.29, 0.717) is 12.3 Å². The van der Waals surface area contributed by atoms with Crippen molar-refractivity contribution in [3.05, 3.63) is 47.9 Å². The van der Waals surface area contributed by atoms with Gasteiger partial charge in [0.25, 0.3) is 0 Å². The summed E-state index contributed by atoms with van der Waals surface area (Å²) in [6.45, 7) is 0.859. The van der Waals surface area contributed by atoms with Crippen molar-refractivity contribution in [3.63, 3.8) is 0 Å². The summed E-state index contributed by atoms with van der Waals surface area (Å²) in [7, 11) is 0. The van der Waals surface area contributed by atoms with Crippen LogP contribution >= 0.6 is 11.8 Å². The molecule has 0 saturated carbocycles. The molecule has 1 saturated heterocycles. The Hall–Kier alpha value is -1.62. The second-order valence-electron chi connectivity index (χ2n) is 4.12. The lowest BCUT2D eigenvalue weighted by atomic mass is 10.2. The number of carbonyl (C=O) groups excluding carboxylic acids is 1. The zero-order valence-corrected chi connectivity index (χ0v) is 10.6. The highest BCUT2D eigenvalue weighted by Gasteiger charge is 2.36. The third kappa shape index (κ3) is 2.18. The lowest BCUT2D eigenvalue weighted by molar-refractivity contribution is -0.128. The zero-order chi connectivity index (χ0) is 12.4. The van der Waals surface area contributed by atoms with Crippen LogP contribution in [0.1, 0.15) is 5.56 Å². The second kappa shape index (κ2) is 4.94. The van der Waals surface area contributed by atoms with Crippen LogP contribution in [-0.4, -0.2) is 28.7 Å². The van der Waals surface area contributed by atoms with Gasteiger partial charge in [0.1, 0.15) is 11.6 Å². The maximum absolute atomic E-state index is 11.9. The number of hydrogen-bond acceptors (Lipinski definition) is 4. The van der Waals surface area contributed by atoms with Gasteiger partial charge >= 0.3 is 0 Å². The first kappa shape index (κ1) is 11.5. The van der Waals surface area contributed by atoms with Gasteiger partial charge in [-0.2, -0.15) is 0 Å². The van der Waals surface area contributed by atoms with Gasteiger partial charge in [0, 0.05) is 6.54 Å². The van der Waals surface area contributed by atoms with E-state index in [-0.39, 0.29) is 18.1 Å². The van der Waals surface area contributed by atoms with Crippen molar-refractivity contribution in [1.29, 1.82) is 0 Å². The molecule has 1 fully saturated rings. The van der Waals surface area contributed by atoms with Crippen LogP contribution in [0.25, 0.3) is 0 Å². The van der Waals surface area contributed by atoms with E-state index in [4.69, 9.17) is 9.47 Å². The average molecular weight is 263 g/mol. The highest BCUT2D eigenvalue weighted by Crippen LogP contribution is 2.33. The number of ether oxygens (including phenoxy) is 2. The van der Waals surface area contributed by atoms with Crippen molar-refractivity contribution < 1.29 is 14.3 Å². The van der Waals surface area contributed by atoms with Gasteiger partial charge < -0.3 is 14.4 Å². The maximum atomic E-state index is 11.9. The van der Waals surface area contributed by atoms with Crippen LogP contribution in [0.5, 0.6) is 0 Å². The second-order valence-corrected chi connectivity index (χ2v) is 5.19. The Morgan fingerprint density at radius 1 is 1.33 bits per heavy atom. The molecule has 0 bridgehead atoms. The molecule has 94 valence electrons. The first-order valence-electron chi connectivity index (χ1n) is 5.74. The number of rotatable bonds is 3. The molecule has 0 N–H and O–H groups in total. The van der Waals surface area contributed by atoms with Gasteiger partial charge in [-0.1, -0.05) is 30.3 Å². The molecule has 18 heavy (non-hydrogen) atoms. The molecule has 0 radical (unpaired) electrons. The van der Waals surface area contributed by atoms with Crippen molar-refractivity contribution in [2.45, 2.75) is 11.9 Å². The number of thioether (sulfide) groups is 1. The van der Waals surface area contributed by atoms with Gasteiger partial charge in [0.2, 0.25) is 12.7 Å². The van der Waals surface area contributed by atoms with Crippen molar-refractivity contribution in [3.8, 4) is 0 Å². The van der Waals surface area contributed by atoms with Crippen molar-refractivity contribution in [2.24, 2.45) is 0 Å². The topological polar surface area (TPSA) is 38.8 Å². The van der Waals surface area contributed by atoms with E-state index < -0.39 is 0 Å². The quantitative estimate of drug-likeness (QED) is 0.835. The molecule has 2 heterocycles. The van der Waals surface area contributed by atoms with Gasteiger partial charge in [-0.25, -0.2) is 0 Å². The maximum Gasteiger partial charge on any atom is 0.234 e. The average Bonchev–Trinajstić information content (AvgIpc) is 3.02. The first-order chi connectivity index (χ1) is 8.84. The summed E-state index contributed by atoms with van der Waals surface area (Å²) in [5.41, 5.74) is 1.12. The summed E-state index contributed by atoms with van der Waals surface area (Å²) < 4.78 is 10.4. The van der Waals surface area contributed by atoms with Gasteiger partial charge in [-0.3, -0.25) is 4.79 Å². The molecule has 1 atom stereocenters. The van der Waals surface area contributed by atoms with Crippen molar-refractivity contribution >= 4 is 17.7 Å². The van der Waals surface area contributed by atoms with Gasteiger partial charge in [-0.15, -0.1) is 11.8 Å². The first-order valence-corrected chi connectivity index (χ1v) is 6.79. The Morgan fingerprint density at radius 3 is 2.89 bits per heavy atom. The Balaban J connectivity index is 1.77. The Kier molecular flexibility index (Phi) is 3.15. The van der Waals surface area contributed by atoms with Gasteiger partial charge in [0.15, 0.2) is 5.76 Å².